The van der Waals surface area contributed by atoms with Crippen molar-refractivity contribution in [2.24, 2.45) is 5.92 Å². The first-order valence-corrected chi connectivity index (χ1v) is 11.3. The van der Waals surface area contributed by atoms with E-state index in [4.69, 9.17) is 0 Å². The summed E-state index contributed by atoms with van der Waals surface area (Å²) in [6.07, 6.45) is 0.414. The molecule has 1 heterocycles. The van der Waals surface area contributed by atoms with Gasteiger partial charge in [-0.05, 0) is 43.2 Å². The molecule has 1 amide bonds. The van der Waals surface area contributed by atoms with E-state index in [9.17, 15) is 30.8 Å². The van der Waals surface area contributed by atoms with Crippen LogP contribution in [0.5, 0.6) is 0 Å². The van der Waals surface area contributed by atoms with Crippen molar-refractivity contribution in [2.45, 2.75) is 28.4 Å². The summed E-state index contributed by atoms with van der Waals surface area (Å²) in [5.74, 6) is -5.93. The van der Waals surface area contributed by atoms with Gasteiger partial charge in [0, 0.05) is 23.9 Å². The average Bonchev–Trinajstić information content (AvgIpc) is 2.71. The van der Waals surface area contributed by atoms with Gasteiger partial charge >= 0.3 is 0 Å². The first-order chi connectivity index (χ1) is 14.2. The molecule has 0 unspecified atom stereocenters. The van der Waals surface area contributed by atoms with Crippen LogP contribution in [0.4, 0.5) is 23.2 Å². The zero-order valence-electron chi connectivity index (χ0n) is 15.5. The molecule has 1 aliphatic heterocycles. The summed E-state index contributed by atoms with van der Waals surface area (Å²) in [6.45, 7) is 0.0414. The second-order valence-electron chi connectivity index (χ2n) is 6.62. The highest BCUT2D eigenvalue weighted by molar-refractivity contribution is 7.99. The number of para-hydroxylation sites is 1. The molecule has 1 aliphatic rings. The van der Waals surface area contributed by atoms with Gasteiger partial charge in [-0.15, -0.1) is 0 Å². The first kappa shape index (κ1) is 22.6. The lowest BCUT2D eigenvalue weighted by molar-refractivity contribution is -0.120. The number of benzene rings is 2. The monoisotopic (exact) mass is 462 g/mol. The fourth-order valence-corrected chi connectivity index (χ4v) is 5.23. The van der Waals surface area contributed by atoms with Crippen LogP contribution in [0.15, 0.2) is 52.3 Å². The van der Waals surface area contributed by atoms with Crippen molar-refractivity contribution in [1.29, 1.82) is 0 Å². The third-order valence-corrected chi connectivity index (χ3v) is 7.40. The molecule has 0 atom stereocenters. The van der Waals surface area contributed by atoms with E-state index >= 15 is 0 Å². The summed E-state index contributed by atoms with van der Waals surface area (Å²) in [5, 5.41) is 2.63. The fourth-order valence-electron chi connectivity index (χ4n) is 3.15. The highest BCUT2D eigenvalue weighted by Gasteiger charge is 2.32. The summed E-state index contributed by atoms with van der Waals surface area (Å²) in [5.41, 5.74) is 0.268. The van der Waals surface area contributed by atoms with E-state index in [-0.39, 0.29) is 47.3 Å². The Morgan fingerprint density at radius 3 is 2.37 bits per heavy atom. The zero-order chi connectivity index (χ0) is 21.9. The largest absolute Gasteiger partial charge is 0.325 e. The number of halogens is 4. The van der Waals surface area contributed by atoms with E-state index in [1.54, 1.807) is 12.1 Å². The summed E-state index contributed by atoms with van der Waals surface area (Å²) < 4.78 is 78.2. The van der Waals surface area contributed by atoms with E-state index < -0.39 is 33.3 Å². The number of sulfonamides is 1. The third-order valence-electron chi connectivity index (χ3n) is 4.71. The number of carbonyl (C=O) groups is 1. The molecule has 0 aromatic heterocycles. The number of rotatable bonds is 6. The summed E-state index contributed by atoms with van der Waals surface area (Å²) in [7, 11) is -4.02. The van der Waals surface area contributed by atoms with E-state index in [2.05, 4.69) is 5.32 Å². The SMILES string of the molecule is O=C(Nc1ccccc1SC(F)F)C1CCN(S(=O)(=O)c2ccc(F)c(F)c2)CC1. The fraction of sp³-hybridized carbons (Fsp3) is 0.316. The van der Waals surface area contributed by atoms with Crippen molar-refractivity contribution in [3.8, 4) is 0 Å². The van der Waals surface area contributed by atoms with Crippen molar-refractivity contribution in [3.05, 3.63) is 54.1 Å². The van der Waals surface area contributed by atoms with Crippen molar-refractivity contribution in [2.75, 3.05) is 18.4 Å². The van der Waals surface area contributed by atoms with Crippen LogP contribution in [-0.2, 0) is 14.8 Å². The number of amides is 1. The highest BCUT2D eigenvalue weighted by Crippen LogP contribution is 2.32. The normalized spacial score (nSPS) is 16.0. The van der Waals surface area contributed by atoms with Crippen molar-refractivity contribution < 1.29 is 30.8 Å². The van der Waals surface area contributed by atoms with E-state index in [1.807, 2.05) is 0 Å². The van der Waals surface area contributed by atoms with Gasteiger partial charge in [-0.25, -0.2) is 17.2 Å². The number of anilines is 1. The molecule has 30 heavy (non-hydrogen) atoms. The number of carbonyl (C=O) groups excluding carboxylic acids is 1. The van der Waals surface area contributed by atoms with Gasteiger partial charge in [0.1, 0.15) is 0 Å². The van der Waals surface area contributed by atoms with Gasteiger partial charge in [-0.3, -0.25) is 4.79 Å². The lowest BCUT2D eigenvalue weighted by atomic mass is 9.97. The number of hydrogen-bond donors (Lipinski definition) is 1. The maximum atomic E-state index is 13.4. The number of hydrogen-bond acceptors (Lipinski definition) is 4. The lowest BCUT2D eigenvalue weighted by Crippen LogP contribution is -2.41. The first-order valence-electron chi connectivity index (χ1n) is 8.98. The molecule has 0 aliphatic carbocycles. The molecule has 3 rings (SSSR count). The molecule has 11 heteroatoms. The molecule has 162 valence electrons. The molecule has 1 N–H and O–H groups in total. The summed E-state index contributed by atoms with van der Waals surface area (Å²) in [4.78, 5) is 12.4. The maximum absolute atomic E-state index is 13.4. The Kier molecular flexibility index (Phi) is 7.04. The van der Waals surface area contributed by atoms with Crippen molar-refractivity contribution in [3.63, 3.8) is 0 Å². The Morgan fingerprint density at radius 2 is 1.73 bits per heavy atom. The van der Waals surface area contributed by atoms with Crippen LogP contribution in [0.2, 0.25) is 0 Å². The summed E-state index contributed by atoms with van der Waals surface area (Å²) >= 11 is 0.324. The van der Waals surface area contributed by atoms with Crippen LogP contribution >= 0.6 is 11.8 Å². The Hall–Kier alpha value is -2.11. The second-order valence-corrected chi connectivity index (χ2v) is 9.59. The Labute approximate surface area is 175 Å². The van der Waals surface area contributed by atoms with Gasteiger partial charge in [-0.2, -0.15) is 13.1 Å². The van der Waals surface area contributed by atoms with Crippen molar-refractivity contribution >= 4 is 33.4 Å². The lowest BCUT2D eigenvalue weighted by Gasteiger charge is -2.30. The molecular formula is C19H18F4N2O3S2. The molecular weight excluding hydrogens is 444 g/mol. The minimum Gasteiger partial charge on any atom is -0.325 e. The van der Waals surface area contributed by atoms with Crippen LogP contribution < -0.4 is 5.32 Å². The van der Waals surface area contributed by atoms with Gasteiger partial charge < -0.3 is 5.32 Å². The van der Waals surface area contributed by atoms with Crippen LogP contribution in [0.3, 0.4) is 0 Å². The third kappa shape index (κ3) is 5.13. The van der Waals surface area contributed by atoms with Gasteiger partial charge in [0.2, 0.25) is 15.9 Å². The molecule has 0 spiro atoms. The van der Waals surface area contributed by atoms with Gasteiger partial charge in [0.15, 0.2) is 11.6 Å². The molecule has 1 fully saturated rings. The molecule has 2 aromatic rings. The number of alkyl halides is 2. The van der Waals surface area contributed by atoms with Crippen molar-refractivity contribution in [1.82, 2.24) is 4.31 Å². The van der Waals surface area contributed by atoms with Gasteiger partial charge in [-0.1, -0.05) is 23.9 Å². The second kappa shape index (κ2) is 9.36. The van der Waals surface area contributed by atoms with E-state index in [0.717, 1.165) is 16.4 Å². The quantitative estimate of drug-likeness (QED) is 0.513. The number of nitrogens with zero attached hydrogens (tertiary/aromatic N) is 1. The molecule has 5 nitrogen and oxygen atoms in total. The predicted octanol–water partition coefficient (Wildman–Crippen LogP) is 4.32. The Balaban J connectivity index is 1.64. The van der Waals surface area contributed by atoms with Crippen LogP contribution in [0.1, 0.15) is 12.8 Å². The van der Waals surface area contributed by atoms with Gasteiger partial charge in [0.25, 0.3) is 5.76 Å². The van der Waals surface area contributed by atoms with Crippen LogP contribution in [-0.4, -0.2) is 37.5 Å². The van der Waals surface area contributed by atoms with E-state index in [1.165, 1.54) is 12.1 Å². The Bertz CT molecular complexity index is 1030. The average molecular weight is 462 g/mol. The minimum atomic E-state index is -4.02. The Morgan fingerprint density at radius 1 is 1.07 bits per heavy atom. The summed E-state index contributed by atoms with van der Waals surface area (Å²) in [6, 6.07) is 8.56. The van der Waals surface area contributed by atoms with E-state index in [0.29, 0.717) is 17.8 Å². The smallest absolute Gasteiger partial charge is 0.288 e. The highest BCUT2D eigenvalue weighted by atomic mass is 32.2. The topological polar surface area (TPSA) is 66.5 Å². The van der Waals surface area contributed by atoms with Crippen LogP contribution in [0.25, 0.3) is 0 Å². The molecule has 0 radical (unpaired) electrons. The molecule has 1 saturated heterocycles. The predicted molar refractivity (Wildman–Crippen MR) is 105 cm³/mol. The number of piperidine rings is 1. The number of nitrogens with one attached hydrogen (secondary N) is 1. The van der Waals surface area contributed by atoms with Gasteiger partial charge in [0.05, 0.1) is 10.6 Å². The zero-order valence-corrected chi connectivity index (χ0v) is 17.2. The minimum absolute atomic E-state index is 0.0207. The molecule has 0 bridgehead atoms. The molecule has 0 saturated carbocycles. The number of thioether (sulfide) groups is 1. The van der Waals surface area contributed by atoms with Crippen LogP contribution in [0, 0.1) is 17.6 Å². The maximum Gasteiger partial charge on any atom is 0.288 e. The molecule has 2 aromatic carbocycles. The standard InChI is InChI=1S/C19H18F4N2O3S2/c20-14-6-5-13(11-15(14)21)30(27,28)25-9-7-12(8-10-25)18(26)24-16-3-1-2-4-17(16)29-19(22)23/h1-6,11-12,19H,7-10H2,(H,24,26).